The van der Waals surface area contributed by atoms with Crippen LogP contribution in [0.1, 0.15) is 32.0 Å². The van der Waals surface area contributed by atoms with Crippen LogP contribution in [0.4, 0.5) is 0 Å². The Labute approximate surface area is 161 Å². The quantitative estimate of drug-likeness (QED) is 0.772. The van der Waals surface area contributed by atoms with Crippen LogP contribution >= 0.6 is 24.0 Å². The fourth-order valence-corrected chi connectivity index (χ4v) is 3.72. The topological polar surface area (TPSA) is 59.4 Å². The number of carbonyl (C=O) groups is 1. The summed E-state index contributed by atoms with van der Waals surface area (Å²) in [5, 5.41) is 8.31. The summed E-state index contributed by atoms with van der Waals surface area (Å²) in [6, 6.07) is 0.146. The van der Waals surface area contributed by atoms with E-state index in [4.69, 9.17) is 16.3 Å². The van der Waals surface area contributed by atoms with E-state index in [2.05, 4.69) is 36.1 Å². The van der Waals surface area contributed by atoms with Crippen molar-refractivity contribution < 1.29 is 9.53 Å². The predicted molar refractivity (Wildman–Crippen MR) is 102 cm³/mol. The first-order valence-corrected chi connectivity index (χ1v) is 8.96. The number of methoxy groups -OCH3 is 1. The molecule has 6 nitrogen and oxygen atoms in total. The first kappa shape index (κ1) is 22.2. The van der Waals surface area contributed by atoms with Gasteiger partial charge in [0.15, 0.2) is 0 Å². The summed E-state index contributed by atoms with van der Waals surface area (Å²) in [4.78, 5) is 14.3. The van der Waals surface area contributed by atoms with E-state index >= 15 is 0 Å². The zero-order valence-electron chi connectivity index (χ0n) is 15.7. The van der Waals surface area contributed by atoms with Crippen molar-refractivity contribution in [2.45, 2.75) is 39.8 Å². The maximum atomic E-state index is 11.9. The van der Waals surface area contributed by atoms with Gasteiger partial charge in [-0.25, -0.2) is 0 Å². The number of amides is 1. The molecule has 0 aromatic carbocycles. The summed E-state index contributed by atoms with van der Waals surface area (Å²) in [7, 11) is 3.41. The summed E-state index contributed by atoms with van der Waals surface area (Å²) in [5.41, 5.74) is 2.16. The number of likely N-dealkylation sites (tertiary alicyclic amines) is 1. The Morgan fingerprint density at radius 1 is 1.44 bits per heavy atom. The molecule has 1 aliphatic heterocycles. The highest BCUT2D eigenvalue weighted by molar-refractivity contribution is 6.30. The van der Waals surface area contributed by atoms with E-state index in [0.717, 1.165) is 37.3 Å². The lowest BCUT2D eigenvalue weighted by Crippen LogP contribution is -2.43. The Hall–Kier alpha value is -0.820. The fraction of sp³-hybridized carbons (Fsp3) is 0.765. The highest BCUT2D eigenvalue weighted by atomic mass is 35.5. The number of rotatable bonds is 7. The number of nitrogens with one attached hydrogen (secondary N) is 1. The molecule has 1 saturated heterocycles. The average Bonchev–Trinajstić information content (AvgIpc) is 3.03. The summed E-state index contributed by atoms with van der Waals surface area (Å²) in [6.07, 6.45) is 0.866. The highest BCUT2D eigenvalue weighted by Crippen LogP contribution is 2.28. The fourth-order valence-electron chi connectivity index (χ4n) is 3.51. The zero-order valence-corrected chi connectivity index (χ0v) is 17.3. The maximum Gasteiger partial charge on any atom is 0.246 e. The zero-order chi connectivity index (χ0) is 17.9. The number of carbonyl (C=O) groups excluding carboxylic acids is 1. The molecule has 0 bridgehead atoms. The molecule has 0 saturated carbocycles. The number of aromatic nitrogens is 2. The lowest BCUT2D eigenvalue weighted by molar-refractivity contribution is -0.125. The monoisotopic (exact) mass is 392 g/mol. The van der Waals surface area contributed by atoms with E-state index in [1.807, 2.05) is 7.05 Å². The molecule has 144 valence electrons. The second-order valence-electron chi connectivity index (χ2n) is 6.90. The molecule has 1 aromatic rings. The summed E-state index contributed by atoms with van der Waals surface area (Å²) < 4.78 is 6.67. The second-order valence-corrected chi connectivity index (χ2v) is 7.26. The predicted octanol–water partition coefficient (Wildman–Crippen LogP) is 2.28. The minimum Gasteiger partial charge on any atom is -0.375 e. The lowest BCUT2D eigenvalue weighted by Gasteiger charge is -2.22. The van der Waals surface area contributed by atoms with Gasteiger partial charge in [0.2, 0.25) is 5.91 Å². The molecule has 0 radical (unpaired) electrons. The lowest BCUT2D eigenvalue weighted by atomic mass is 9.91. The largest absolute Gasteiger partial charge is 0.375 e. The third kappa shape index (κ3) is 5.33. The normalized spacial score (nSPS) is 20.8. The molecule has 1 aromatic heterocycles. The molecule has 1 fully saturated rings. The van der Waals surface area contributed by atoms with Gasteiger partial charge < -0.3 is 10.1 Å². The molecule has 2 atom stereocenters. The Morgan fingerprint density at radius 3 is 2.68 bits per heavy atom. The van der Waals surface area contributed by atoms with Crippen molar-refractivity contribution >= 4 is 29.9 Å². The van der Waals surface area contributed by atoms with Crippen LogP contribution in [0.25, 0.3) is 0 Å². The third-order valence-electron chi connectivity index (χ3n) is 4.79. The molecular weight excluding hydrogens is 363 g/mol. The van der Waals surface area contributed by atoms with Crippen molar-refractivity contribution in [1.82, 2.24) is 20.0 Å². The summed E-state index contributed by atoms with van der Waals surface area (Å²) >= 11 is 6.42. The van der Waals surface area contributed by atoms with E-state index in [0.29, 0.717) is 17.0 Å². The Kier molecular flexibility index (Phi) is 8.68. The van der Waals surface area contributed by atoms with Crippen LogP contribution in [0.3, 0.4) is 0 Å². The molecule has 25 heavy (non-hydrogen) atoms. The Balaban J connectivity index is 0.00000312. The van der Waals surface area contributed by atoms with E-state index in [1.54, 1.807) is 4.68 Å². The molecule has 1 amide bonds. The van der Waals surface area contributed by atoms with Crippen molar-refractivity contribution in [1.29, 1.82) is 0 Å². The number of hydrogen-bond donors (Lipinski definition) is 1. The van der Waals surface area contributed by atoms with Crippen molar-refractivity contribution in [3.63, 3.8) is 0 Å². The first-order valence-electron chi connectivity index (χ1n) is 8.58. The second kappa shape index (κ2) is 9.76. The number of nitrogens with zero attached hydrogens (tertiary/aromatic N) is 3. The Bertz CT molecular complexity index is 577. The van der Waals surface area contributed by atoms with Crippen LogP contribution in [-0.2, 0) is 29.5 Å². The molecule has 1 aliphatic rings. The molecule has 1 N–H and O–H groups in total. The van der Waals surface area contributed by atoms with Gasteiger partial charge in [-0.2, -0.15) is 5.10 Å². The average molecular weight is 393 g/mol. The van der Waals surface area contributed by atoms with Crippen LogP contribution in [0.5, 0.6) is 0 Å². The van der Waals surface area contributed by atoms with E-state index < -0.39 is 0 Å². The molecule has 0 unspecified atom stereocenters. The van der Waals surface area contributed by atoms with E-state index in [1.165, 1.54) is 7.11 Å². The van der Waals surface area contributed by atoms with Crippen LogP contribution < -0.4 is 5.32 Å². The van der Waals surface area contributed by atoms with E-state index in [9.17, 15) is 4.79 Å². The van der Waals surface area contributed by atoms with Crippen molar-refractivity contribution in [2.75, 3.05) is 26.8 Å². The van der Waals surface area contributed by atoms with Crippen LogP contribution in [0.2, 0.25) is 5.15 Å². The van der Waals surface area contributed by atoms with Gasteiger partial charge in [-0.15, -0.1) is 12.4 Å². The molecule has 0 aliphatic carbocycles. The highest BCUT2D eigenvalue weighted by Gasteiger charge is 2.36. The van der Waals surface area contributed by atoms with Crippen LogP contribution in [-0.4, -0.2) is 53.4 Å². The van der Waals surface area contributed by atoms with Crippen LogP contribution in [0, 0.1) is 11.8 Å². The summed E-state index contributed by atoms with van der Waals surface area (Å²) in [5.74, 6) is 0.868. The minimum atomic E-state index is -0.0522. The number of aryl methyl sites for hydroxylation is 2. The molecular formula is C17H30Cl2N4O2. The van der Waals surface area contributed by atoms with Crippen LogP contribution in [0.15, 0.2) is 0 Å². The van der Waals surface area contributed by atoms with Gasteiger partial charge >= 0.3 is 0 Å². The minimum absolute atomic E-state index is 0. The third-order valence-corrected chi connectivity index (χ3v) is 5.26. The SMILES string of the molecule is CCc1nn(C)c(Cl)c1CN1C[C@H](NC(=O)COC)[C@@H](C(C)C)C1.Cl. The van der Waals surface area contributed by atoms with Gasteiger partial charge in [-0.1, -0.05) is 32.4 Å². The maximum absolute atomic E-state index is 11.9. The number of hydrogen-bond acceptors (Lipinski definition) is 4. The van der Waals surface area contributed by atoms with E-state index in [-0.39, 0.29) is 31.0 Å². The number of ether oxygens (including phenoxy) is 1. The molecule has 8 heteroatoms. The first-order chi connectivity index (χ1) is 11.4. The van der Waals surface area contributed by atoms with Crippen molar-refractivity contribution in [3.05, 3.63) is 16.4 Å². The van der Waals surface area contributed by atoms with Gasteiger partial charge in [0.1, 0.15) is 11.8 Å². The van der Waals surface area contributed by atoms with Crippen molar-refractivity contribution in [2.24, 2.45) is 18.9 Å². The standard InChI is InChI=1S/C17H29ClN4O2.ClH/c1-6-14-13(17(18)21(4)20-14)8-22-7-12(11(2)3)15(9-22)19-16(23)10-24-5;/h11-12,15H,6-10H2,1-5H3,(H,19,23);1H/t12-,15+;/m1./s1. The van der Waals surface area contributed by atoms with Gasteiger partial charge in [-0.05, 0) is 18.3 Å². The van der Waals surface area contributed by atoms with Gasteiger partial charge in [0, 0.05) is 45.4 Å². The van der Waals surface area contributed by atoms with Crippen molar-refractivity contribution in [3.8, 4) is 0 Å². The molecule has 2 rings (SSSR count). The van der Waals surface area contributed by atoms with Gasteiger partial charge in [-0.3, -0.25) is 14.4 Å². The van der Waals surface area contributed by atoms with Gasteiger partial charge in [0.25, 0.3) is 0 Å². The Morgan fingerprint density at radius 2 is 2.12 bits per heavy atom. The summed E-state index contributed by atoms with van der Waals surface area (Å²) in [6.45, 7) is 9.16. The molecule has 0 spiro atoms. The van der Waals surface area contributed by atoms with Gasteiger partial charge in [0.05, 0.1) is 5.69 Å². The molecule has 2 heterocycles. The smallest absolute Gasteiger partial charge is 0.246 e. The number of halogens is 2.